The summed E-state index contributed by atoms with van der Waals surface area (Å²) in [5.74, 6) is -0.00714. The second-order valence-corrected chi connectivity index (χ2v) is 9.38. The van der Waals surface area contributed by atoms with E-state index >= 15 is 0 Å². The smallest absolute Gasteiger partial charge is 0.416 e. The van der Waals surface area contributed by atoms with Crippen LogP contribution in [0.5, 0.6) is 11.6 Å². The van der Waals surface area contributed by atoms with Crippen LogP contribution in [0.1, 0.15) is 42.4 Å². The summed E-state index contributed by atoms with van der Waals surface area (Å²) < 4.78 is 50.1. The summed E-state index contributed by atoms with van der Waals surface area (Å²) in [7, 11) is 0. The lowest BCUT2D eigenvalue weighted by molar-refractivity contribution is -0.137. The molecule has 0 saturated carbocycles. The van der Waals surface area contributed by atoms with Crippen molar-refractivity contribution >= 4 is 28.6 Å². The largest absolute Gasteiger partial charge is 0.444 e. The summed E-state index contributed by atoms with van der Waals surface area (Å²) in [6, 6.07) is 12.2. The number of fused-ring (bicyclic) bond motifs is 1. The van der Waals surface area contributed by atoms with E-state index in [0.29, 0.717) is 22.3 Å². The molecule has 2 N–H and O–H groups in total. The third kappa shape index (κ3) is 7.40. The van der Waals surface area contributed by atoms with Gasteiger partial charge in [0.2, 0.25) is 5.88 Å². The quantitative estimate of drug-likeness (QED) is 0.304. The summed E-state index contributed by atoms with van der Waals surface area (Å²) in [5.41, 5.74) is -0.354. The highest BCUT2D eigenvalue weighted by Crippen LogP contribution is 2.31. The van der Waals surface area contributed by atoms with Crippen molar-refractivity contribution in [3.05, 3.63) is 83.9 Å². The Morgan fingerprint density at radius 1 is 0.949 bits per heavy atom. The van der Waals surface area contributed by atoms with E-state index in [0.717, 1.165) is 12.1 Å². The number of pyridine rings is 1. The molecule has 0 saturated heterocycles. The molecule has 2 aromatic heterocycles. The van der Waals surface area contributed by atoms with Gasteiger partial charge in [0.05, 0.1) is 28.9 Å². The number of aromatic nitrogens is 3. The Morgan fingerprint density at radius 3 is 2.49 bits per heavy atom. The minimum absolute atomic E-state index is 0.0143. The number of hydrogen-bond donors (Lipinski definition) is 2. The molecular weight excluding hydrogens is 515 g/mol. The maximum Gasteiger partial charge on any atom is 0.416 e. The lowest BCUT2D eigenvalue weighted by atomic mass is 10.1. The van der Waals surface area contributed by atoms with Gasteiger partial charge in [0, 0.05) is 29.4 Å². The van der Waals surface area contributed by atoms with Crippen molar-refractivity contribution in [2.24, 2.45) is 0 Å². The zero-order chi connectivity index (χ0) is 28.2. The van der Waals surface area contributed by atoms with Crippen LogP contribution < -0.4 is 15.4 Å². The third-order valence-corrected chi connectivity index (χ3v) is 5.14. The fourth-order valence-electron chi connectivity index (χ4n) is 3.49. The molecule has 0 radical (unpaired) electrons. The number of nitrogens with one attached hydrogen (secondary N) is 2. The van der Waals surface area contributed by atoms with Crippen molar-refractivity contribution in [2.75, 3.05) is 5.32 Å². The predicted octanol–water partition coefficient (Wildman–Crippen LogP) is 6.11. The van der Waals surface area contributed by atoms with E-state index in [9.17, 15) is 22.8 Å². The second kappa shape index (κ2) is 10.9. The summed E-state index contributed by atoms with van der Waals surface area (Å²) >= 11 is 0. The van der Waals surface area contributed by atoms with Crippen LogP contribution in [-0.4, -0.2) is 32.6 Å². The van der Waals surface area contributed by atoms with Crippen molar-refractivity contribution in [1.82, 2.24) is 20.3 Å². The second-order valence-electron chi connectivity index (χ2n) is 9.38. The van der Waals surface area contributed by atoms with Gasteiger partial charge < -0.3 is 20.1 Å². The fourth-order valence-corrected chi connectivity index (χ4v) is 3.49. The Balaban J connectivity index is 1.47. The summed E-state index contributed by atoms with van der Waals surface area (Å²) in [6.07, 6.45) is -2.41. The number of ether oxygens (including phenoxy) is 2. The minimum atomic E-state index is -4.53. The molecule has 0 atom stereocenters. The molecule has 0 aliphatic heterocycles. The average Bonchev–Trinajstić information content (AvgIpc) is 2.86. The normalized spacial score (nSPS) is 11.6. The van der Waals surface area contributed by atoms with E-state index in [-0.39, 0.29) is 23.7 Å². The number of halogens is 3. The van der Waals surface area contributed by atoms with Crippen LogP contribution in [0, 0.1) is 0 Å². The lowest BCUT2D eigenvalue weighted by Crippen LogP contribution is -2.32. The SMILES string of the molecule is CC(C)(C)OC(=O)NCc1cc(Oc2ccc3c(C(=O)Nc4cccc(C(F)(F)F)c4)ccnc3c2)ncn1. The first-order valence-corrected chi connectivity index (χ1v) is 11.7. The highest BCUT2D eigenvalue weighted by Gasteiger charge is 2.30. The van der Waals surface area contributed by atoms with Gasteiger partial charge in [0.15, 0.2) is 0 Å². The standard InChI is InChI=1S/C27H24F3N5O4/c1-26(2,3)39-25(37)32-14-18-12-23(34-15-33-18)38-19-7-8-20-21(9-10-31-22(20)13-19)24(36)35-17-6-4-5-16(11-17)27(28,29)30/h4-13,15H,14H2,1-3H3,(H,32,37)(H,35,36). The summed E-state index contributed by atoms with van der Waals surface area (Å²) in [6.45, 7) is 5.37. The van der Waals surface area contributed by atoms with Crippen LogP contribution in [0.2, 0.25) is 0 Å². The van der Waals surface area contributed by atoms with Gasteiger partial charge in [-0.1, -0.05) is 6.07 Å². The zero-order valence-corrected chi connectivity index (χ0v) is 21.2. The Kier molecular flexibility index (Phi) is 7.65. The fraction of sp³-hybridized carbons (Fsp3) is 0.222. The molecule has 12 heteroatoms. The lowest BCUT2D eigenvalue weighted by Gasteiger charge is -2.19. The number of rotatable bonds is 6. The molecule has 2 heterocycles. The number of benzene rings is 2. The van der Waals surface area contributed by atoms with Crippen molar-refractivity contribution in [3.63, 3.8) is 0 Å². The molecule has 0 fully saturated rings. The maximum absolute atomic E-state index is 13.0. The Labute approximate surface area is 221 Å². The van der Waals surface area contributed by atoms with Gasteiger partial charge in [-0.05, 0) is 57.2 Å². The van der Waals surface area contributed by atoms with Crippen LogP contribution in [-0.2, 0) is 17.5 Å². The van der Waals surface area contributed by atoms with Crippen LogP contribution in [0.3, 0.4) is 0 Å². The highest BCUT2D eigenvalue weighted by atomic mass is 19.4. The molecule has 0 bridgehead atoms. The molecule has 0 spiro atoms. The van der Waals surface area contributed by atoms with Gasteiger partial charge in [-0.15, -0.1) is 0 Å². The monoisotopic (exact) mass is 539 g/mol. The van der Waals surface area contributed by atoms with E-state index < -0.39 is 29.3 Å². The summed E-state index contributed by atoms with van der Waals surface area (Å²) in [5, 5.41) is 5.58. The molecule has 4 aromatic rings. The molecule has 4 rings (SSSR count). The first kappa shape index (κ1) is 27.3. The van der Waals surface area contributed by atoms with Gasteiger partial charge in [-0.2, -0.15) is 13.2 Å². The van der Waals surface area contributed by atoms with Gasteiger partial charge in [-0.3, -0.25) is 9.78 Å². The van der Waals surface area contributed by atoms with E-state index in [2.05, 4.69) is 25.6 Å². The molecule has 0 aliphatic carbocycles. The Hall–Kier alpha value is -4.74. The molecule has 2 amide bonds. The number of carbonyl (C=O) groups excluding carboxylic acids is 2. The Morgan fingerprint density at radius 2 is 1.74 bits per heavy atom. The Bertz CT molecular complexity index is 1520. The molecule has 2 aromatic carbocycles. The first-order valence-electron chi connectivity index (χ1n) is 11.7. The van der Waals surface area contributed by atoms with Crippen LogP contribution in [0.25, 0.3) is 10.9 Å². The number of hydrogen-bond acceptors (Lipinski definition) is 7. The summed E-state index contributed by atoms with van der Waals surface area (Å²) in [4.78, 5) is 37.2. The van der Waals surface area contributed by atoms with Crippen LogP contribution >= 0.6 is 0 Å². The average molecular weight is 540 g/mol. The van der Waals surface area contributed by atoms with Crippen LogP contribution in [0.15, 0.2) is 67.1 Å². The predicted molar refractivity (Wildman–Crippen MR) is 136 cm³/mol. The van der Waals surface area contributed by atoms with Crippen molar-refractivity contribution in [3.8, 4) is 11.6 Å². The molecular formula is C27H24F3N5O4. The van der Waals surface area contributed by atoms with E-state index in [1.165, 1.54) is 30.7 Å². The molecule has 39 heavy (non-hydrogen) atoms. The molecule has 9 nitrogen and oxygen atoms in total. The zero-order valence-electron chi connectivity index (χ0n) is 21.2. The highest BCUT2D eigenvalue weighted by molar-refractivity contribution is 6.12. The van der Waals surface area contributed by atoms with Gasteiger partial charge in [-0.25, -0.2) is 14.8 Å². The first-order chi connectivity index (χ1) is 18.4. The van der Waals surface area contributed by atoms with E-state index in [1.807, 2.05) is 0 Å². The number of nitrogens with zero attached hydrogens (tertiary/aromatic N) is 3. The number of alkyl carbamates (subject to hydrolysis) is 1. The van der Waals surface area contributed by atoms with E-state index in [1.54, 1.807) is 45.0 Å². The number of anilines is 1. The van der Waals surface area contributed by atoms with Crippen LogP contribution in [0.4, 0.5) is 23.7 Å². The molecule has 202 valence electrons. The number of carbonyl (C=O) groups is 2. The van der Waals surface area contributed by atoms with Crippen molar-refractivity contribution < 1.29 is 32.2 Å². The minimum Gasteiger partial charge on any atom is -0.444 e. The molecule has 0 aliphatic rings. The number of amides is 2. The van der Waals surface area contributed by atoms with Crippen molar-refractivity contribution in [2.45, 2.75) is 39.1 Å². The van der Waals surface area contributed by atoms with Crippen molar-refractivity contribution in [1.29, 1.82) is 0 Å². The topological polar surface area (TPSA) is 115 Å². The third-order valence-electron chi connectivity index (χ3n) is 5.14. The molecule has 0 unspecified atom stereocenters. The van der Waals surface area contributed by atoms with Gasteiger partial charge >= 0.3 is 12.3 Å². The maximum atomic E-state index is 13.0. The number of alkyl halides is 3. The van der Waals surface area contributed by atoms with Gasteiger partial charge in [0.25, 0.3) is 5.91 Å². The van der Waals surface area contributed by atoms with E-state index in [4.69, 9.17) is 9.47 Å². The van der Waals surface area contributed by atoms with Gasteiger partial charge in [0.1, 0.15) is 17.7 Å².